The number of amides is 3. The van der Waals surface area contributed by atoms with Crippen molar-refractivity contribution in [2.75, 3.05) is 39.8 Å². The summed E-state index contributed by atoms with van der Waals surface area (Å²) in [4.78, 5) is 48.7. The smallest absolute Gasteiger partial charge is 0.242 e. The van der Waals surface area contributed by atoms with Crippen LogP contribution < -0.4 is 4.74 Å². The van der Waals surface area contributed by atoms with Gasteiger partial charge in [0, 0.05) is 45.1 Å². The molecule has 0 radical (unpaired) electrons. The summed E-state index contributed by atoms with van der Waals surface area (Å²) in [5, 5.41) is 0. The summed E-state index contributed by atoms with van der Waals surface area (Å²) in [6.07, 6.45) is 0.423. The Balaban J connectivity index is 1.31. The second-order valence-electron chi connectivity index (χ2n) is 7.10. The number of H-pyrrole nitrogens is 1. The Morgan fingerprint density at radius 2 is 1.86 bits per heavy atom. The van der Waals surface area contributed by atoms with Crippen molar-refractivity contribution in [1.82, 2.24) is 24.7 Å². The van der Waals surface area contributed by atoms with Gasteiger partial charge in [-0.3, -0.25) is 24.2 Å². The van der Waals surface area contributed by atoms with Gasteiger partial charge in [-0.2, -0.15) is 0 Å². The van der Waals surface area contributed by atoms with Crippen molar-refractivity contribution in [2.24, 2.45) is 0 Å². The van der Waals surface area contributed by atoms with Crippen LogP contribution in [0.25, 0.3) is 11.0 Å². The van der Waals surface area contributed by atoms with Crippen LogP contribution in [0.2, 0.25) is 0 Å². The van der Waals surface area contributed by atoms with E-state index in [0.717, 1.165) is 27.5 Å². The fourth-order valence-corrected chi connectivity index (χ4v) is 3.65. The van der Waals surface area contributed by atoms with Crippen LogP contribution >= 0.6 is 0 Å². The van der Waals surface area contributed by atoms with Gasteiger partial charge in [0.15, 0.2) is 0 Å². The van der Waals surface area contributed by atoms with E-state index in [1.807, 2.05) is 18.2 Å². The number of aromatic nitrogens is 2. The van der Waals surface area contributed by atoms with Gasteiger partial charge in [0.05, 0.1) is 24.7 Å². The van der Waals surface area contributed by atoms with E-state index in [0.29, 0.717) is 32.7 Å². The summed E-state index contributed by atoms with van der Waals surface area (Å²) in [6.45, 7) is 3.11. The standard InChI is InChI=1S/C19H23N5O4/c1-28-13-2-3-14-15(10-13)21-16(20-14)11-22-6-8-23(9-7-22)19(27)12-24-17(25)4-5-18(24)26/h2-3,10H,4-9,11-12H2,1H3,(H,20,21). The SMILES string of the molecule is COc1ccc2nc(CN3CCN(C(=O)CN4C(=O)CCC4=O)CC3)[nH]c2c1. The molecule has 2 aromatic rings. The number of benzene rings is 1. The Morgan fingerprint density at radius 1 is 1.14 bits per heavy atom. The van der Waals surface area contributed by atoms with Crippen LogP contribution in [-0.2, 0) is 20.9 Å². The fourth-order valence-electron chi connectivity index (χ4n) is 3.65. The second kappa shape index (κ2) is 7.59. The molecule has 0 atom stereocenters. The molecule has 0 spiro atoms. The van der Waals surface area contributed by atoms with Crippen molar-refractivity contribution in [2.45, 2.75) is 19.4 Å². The monoisotopic (exact) mass is 385 g/mol. The number of aromatic amines is 1. The van der Waals surface area contributed by atoms with E-state index >= 15 is 0 Å². The molecule has 3 amide bonds. The zero-order valence-electron chi connectivity index (χ0n) is 15.8. The summed E-state index contributed by atoms with van der Waals surface area (Å²) in [5.74, 6) is 0.983. The maximum absolute atomic E-state index is 12.4. The fraction of sp³-hybridized carbons (Fsp3) is 0.474. The van der Waals surface area contributed by atoms with Crippen LogP contribution in [-0.4, -0.2) is 82.2 Å². The second-order valence-corrected chi connectivity index (χ2v) is 7.10. The van der Waals surface area contributed by atoms with E-state index in [1.165, 1.54) is 0 Å². The number of imide groups is 1. The number of piperazine rings is 1. The Kier molecular flexibility index (Phi) is 4.99. The molecular weight excluding hydrogens is 362 g/mol. The molecule has 1 aromatic carbocycles. The lowest BCUT2D eigenvalue weighted by molar-refractivity contribution is -0.146. The molecule has 0 saturated carbocycles. The van der Waals surface area contributed by atoms with Gasteiger partial charge in [0.25, 0.3) is 0 Å². The van der Waals surface area contributed by atoms with Crippen molar-refractivity contribution in [1.29, 1.82) is 0 Å². The van der Waals surface area contributed by atoms with Gasteiger partial charge in [0.2, 0.25) is 17.7 Å². The zero-order valence-corrected chi connectivity index (χ0v) is 15.8. The quantitative estimate of drug-likeness (QED) is 0.747. The number of ether oxygens (including phenoxy) is 1. The summed E-state index contributed by atoms with van der Waals surface area (Å²) >= 11 is 0. The molecule has 148 valence electrons. The summed E-state index contributed by atoms with van der Waals surface area (Å²) in [5.41, 5.74) is 1.83. The minimum atomic E-state index is -0.251. The molecule has 2 fully saturated rings. The number of carbonyl (C=O) groups is 3. The number of nitrogens with zero attached hydrogens (tertiary/aromatic N) is 4. The molecular formula is C19H23N5O4. The van der Waals surface area contributed by atoms with E-state index in [1.54, 1.807) is 12.0 Å². The van der Waals surface area contributed by atoms with Gasteiger partial charge < -0.3 is 14.6 Å². The van der Waals surface area contributed by atoms with E-state index in [9.17, 15) is 14.4 Å². The van der Waals surface area contributed by atoms with Gasteiger partial charge in [-0.1, -0.05) is 0 Å². The van der Waals surface area contributed by atoms with Crippen LogP contribution in [0.1, 0.15) is 18.7 Å². The molecule has 9 heteroatoms. The number of hydrogen-bond donors (Lipinski definition) is 1. The summed E-state index contributed by atoms with van der Waals surface area (Å²) in [6, 6.07) is 5.72. The Bertz CT molecular complexity index is 900. The van der Waals surface area contributed by atoms with E-state index in [-0.39, 0.29) is 37.1 Å². The highest BCUT2D eigenvalue weighted by Gasteiger charge is 2.32. The van der Waals surface area contributed by atoms with Gasteiger partial charge in [-0.15, -0.1) is 0 Å². The highest BCUT2D eigenvalue weighted by molar-refractivity contribution is 6.04. The molecule has 28 heavy (non-hydrogen) atoms. The van der Waals surface area contributed by atoms with Crippen molar-refractivity contribution in [3.63, 3.8) is 0 Å². The molecule has 2 aliphatic rings. The largest absolute Gasteiger partial charge is 0.497 e. The molecule has 2 saturated heterocycles. The van der Waals surface area contributed by atoms with Crippen LogP contribution in [0, 0.1) is 0 Å². The van der Waals surface area contributed by atoms with Crippen molar-refractivity contribution >= 4 is 28.8 Å². The Morgan fingerprint density at radius 3 is 2.54 bits per heavy atom. The molecule has 4 rings (SSSR count). The number of methoxy groups -OCH3 is 1. The minimum absolute atomic E-state index is 0.136. The number of carbonyl (C=O) groups excluding carboxylic acids is 3. The Hall–Kier alpha value is -2.94. The van der Waals surface area contributed by atoms with Crippen LogP contribution in [0.15, 0.2) is 18.2 Å². The third-order valence-corrected chi connectivity index (χ3v) is 5.28. The maximum Gasteiger partial charge on any atom is 0.242 e. The first-order valence-corrected chi connectivity index (χ1v) is 9.39. The normalized spacial score (nSPS) is 18.3. The van der Waals surface area contributed by atoms with Gasteiger partial charge in [0.1, 0.15) is 18.1 Å². The third kappa shape index (κ3) is 3.70. The summed E-state index contributed by atoms with van der Waals surface area (Å²) in [7, 11) is 1.63. The number of hydrogen-bond acceptors (Lipinski definition) is 6. The van der Waals surface area contributed by atoms with Crippen molar-refractivity contribution in [3.8, 4) is 5.75 Å². The molecule has 0 unspecified atom stereocenters. The van der Waals surface area contributed by atoms with Crippen LogP contribution in [0.5, 0.6) is 5.75 Å². The maximum atomic E-state index is 12.4. The van der Waals surface area contributed by atoms with Crippen LogP contribution in [0.4, 0.5) is 0 Å². The minimum Gasteiger partial charge on any atom is -0.497 e. The lowest BCUT2D eigenvalue weighted by Crippen LogP contribution is -2.51. The first-order valence-electron chi connectivity index (χ1n) is 9.39. The van der Waals surface area contributed by atoms with Crippen molar-refractivity contribution in [3.05, 3.63) is 24.0 Å². The van der Waals surface area contributed by atoms with Crippen LogP contribution in [0.3, 0.4) is 0 Å². The van der Waals surface area contributed by atoms with E-state index < -0.39 is 0 Å². The number of likely N-dealkylation sites (tertiary alicyclic amines) is 1. The van der Waals surface area contributed by atoms with E-state index in [2.05, 4.69) is 14.9 Å². The predicted octanol–water partition coefficient (Wildman–Crippen LogP) is 0.365. The highest BCUT2D eigenvalue weighted by Crippen LogP contribution is 2.19. The predicted molar refractivity (Wildman–Crippen MR) is 100 cm³/mol. The third-order valence-electron chi connectivity index (χ3n) is 5.28. The van der Waals surface area contributed by atoms with E-state index in [4.69, 9.17) is 4.74 Å². The average molecular weight is 385 g/mol. The molecule has 2 aliphatic heterocycles. The topological polar surface area (TPSA) is 98.8 Å². The number of imidazole rings is 1. The zero-order chi connectivity index (χ0) is 19.7. The summed E-state index contributed by atoms with van der Waals surface area (Å²) < 4.78 is 5.24. The van der Waals surface area contributed by atoms with Gasteiger partial charge >= 0.3 is 0 Å². The first-order chi connectivity index (χ1) is 13.5. The molecule has 0 aliphatic carbocycles. The molecule has 0 bridgehead atoms. The number of nitrogens with one attached hydrogen (secondary N) is 1. The first kappa shape index (κ1) is 18.4. The lowest BCUT2D eigenvalue weighted by Gasteiger charge is -2.34. The number of rotatable bonds is 5. The van der Waals surface area contributed by atoms with Gasteiger partial charge in [-0.25, -0.2) is 4.98 Å². The molecule has 3 heterocycles. The average Bonchev–Trinajstić information content (AvgIpc) is 3.25. The highest BCUT2D eigenvalue weighted by atomic mass is 16.5. The van der Waals surface area contributed by atoms with Crippen molar-refractivity contribution < 1.29 is 19.1 Å². The number of fused-ring (bicyclic) bond motifs is 1. The molecule has 9 nitrogen and oxygen atoms in total. The van der Waals surface area contributed by atoms with Gasteiger partial charge in [-0.05, 0) is 12.1 Å². The molecule has 1 aromatic heterocycles. The Labute approximate surface area is 162 Å². The lowest BCUT2D eigenvalue weighted by atomic mass is 10.3. The molecule has 1 N–H and O–H groups in total.